The second-order valence-corrected chi connectivity index (χ2v) is 5.41. The van der Waals surface area contributed by atoms with Crippen LogP contribution >= 0.6 is 0 Å². The molecule has 0 unspecified atom stereocenters. The second-order valence-electron chi connectivity index (χ2n) is 5.41. The van der Waals surface area contributed by atoms with Crippen LogP contribution in [0.1, 0.15) is 51.5 Å². The first kappa shape index (κ1) is 14.1. The van der Waals surface area contributed by atoms with Gasteiger partial charge in [-0.1, -0.05) is 20.3 Å². The molecule has 1 fully saturated rings. The smallest absolute Gasteiger partial charge is 0.224 e. The van der Waals surface area contributed by atoms with Crippen LogP contribution in [0.4, 0.5) is 11.8 Å². The highest BCUT2D eigenvalue weighted by Gasteiger charge is 2.30. The van der Waals surface area contributed by atoms with Gasteiger partial charge in [-0.05, 0) is 32.6 Å². The monoisotopic (exact) mass is 262 g/mol. The van der Waals surface area contributed by atoms with Crippen LogP contribution in [-0.4, -0.2) is 29.1 Å². The standard InChI is InChI=1S/C15H26N4/c1-4-6-10-19(13-7-8-13)14-12(3)11-17-15(18-14)16-9-5-2/h11,13H,4-10H2,1-3H3,(H,16,17,18). The predicted octanol–water partition coefficient (Wildman–Crippen LogP) is 3.38. The Labute approximate surface area is 116 Å². The number of nitrogens with one attached hydrogen (secondary N) is 1. The van der Waals surface area contributed by atoms with Gasteiger partial charge in [0.2, 0.25) is 5.95 Å². The summed E-state index contributed by atoms with van der Waals surface area (Å²) in [7, 11) is 0. The van der Waals surface area contributed by atoms with Gasteiger partial charge in [-0.3, -0.25) is 0 Å². The van der Waals surface area contributed by atoms with E-state index in [0.717, 1.165) is 31.3 Å². The minimum atomic E-state index is 0.708. The number of anilines is 2. The summed E-state index contributed by atoms with van der Waals surface area (Å²) in [4.78, 5) is 11.6. The molecule has 2 rings (SSSR count). The van der Waals surface area contributed by atoms with E-state index in [0.29, 0.717) is 6.04 Å². The Morgan fingerprint density at radius 1 is 1.32 bits per heavy atom. The lowest BCUT2D eigenvalue weighted by atomic mass is 10.2. The number of aryl methyl sites for hydroxylation is 1. The molecule has 0 aliphatic heterocycles. The van der Waals surface area contributed by atoms with Crippen LogP contribution < -0.4 is 10.2 Å². The molecule has 19 heavy (non-hydrogen) atoms. The molecule has 1 aliphatic carbocycles. The number of unbranched alkanes of at least 4 members (excludes halogenated alkanes) is 1. The third kappa shape index (κ3) is 3.82. The summed E-state index contributed by atoms with van der Waals surface area (Å²) in [6.45, 7) is 8.55. The van der Waals surface area contributed by atoms with Gasteiger partial charge in [0.15, 0.2) is 0 Å². The van der Waals surface area contributed by atoms with Crippen molar-refractivity contribution in [3.05, 3.63) is 11.8 Å². The van der Waals surface area contributed by atoms with Crippen molar-refractivity contribution in [1.29, 1.82) is 0 Å². The van der Waals surface area contributed by atoms with Gasteiger partial charge < -0.3 is 10.2 Å². The Morgan fingerprint density at radius 3 is 2.74 bits per heavy atom. The molecule has 0 atom stereocenters. The molecule has 1 aromatic heterocycles. The third-order valence-electron chi connectivity index (χ3n) is 3.49. The van der Waals surface area contributed by atoms with Gasteiger partial charge in [-0.15, -0.1) is 0 Å². The quantitative estimate of drug-likeness (QED) is 0.780. The zero-order chi connectivity index (χ0) is 13.7. The van der Waals surface area contributed by atoms with Gasteiger partial charge in [0.25, 0.3) is 0 Å². The highest BCUT2D eigenvalue weighted by atomic mass is 15.3. The lowest BCUT2D eigenvalue weighted by Gasteiger charge is -2.25. The summed E-state index contributed by atoms with van der Waals surface area (Å²) in [5.74, 6) is 1.90. The van der Waals surface area contributed by atoms with Crippen molar-refractivity contribution in [2.45, 2.75) is 58.9 Å². The Bertz CT molecular complexity index is 401. The van der Waals surface area contributed by atoms with Crippen molar-refractivity contribution in [2.75, 3.05) is 23.3 Å². The molecule has 0 aromatic carbocycles. The lowest BCUT2D eigenvalue weighted by molar-refractivity contribution is 0.701. The van der Waals surface area contributed by atoms with E-state index < -0.39 is 0 Å². The van der Waals surface area contributed by atoms with Crippen LogP contribution in [0.5, 0.6) is 0 Å². The Hall–Kier alpha value is -1.32. The summed E-state index contributed by atoms with van der Waals surface area (Å²) in [6, 6.07) is 0.708. The molecule has 4 heteroatoms. The van der Waals surface area contributed by atoms with E-state index in [1.165, 1.54) is 31.2 Å². The zero-order valence-corrected chi connectivity index (χ0v) is 12.4. The van der Waals surface area contributed by atoms with Gasteiger partial charge in [0.1, 0.15) is 5.82 Å². The minimum Gasteiger partial charge on any atom is -0.354 e. The van der Waals surface area contributed by atoms with Gasteiger partial charge in [-0.2, -0.15) is 4.98 Å². The second kappa shape index (κ2) is 6.73. The molecular weight excluding hydrogens is 236 g/mol. The van der Waals surface area contributed by atoms with Gasteiger partial charge in [0, 0.05) is 30.9 Å². The molecule has 4 nitrogen and oxygen atoms in total. The van der Waals surface area contributed by atoms with E-state index in [-0.39, 0.29) is 0 Å². The molecule has 0 spiro atoms. The fourth-order valence-electron chi connectivity index (χ4n) is 2.22. The zero-order valence-electron chi connectivity index (χ0n) is 12.4. The molecule has 1 aliphatic rings. The maximum Gasteiger partial charge on any atom is 0.224 e. The molecule has 0 saturated heterocycles. The highest BCUT2D eigenvalue weighted by molar-refractivity contribution is 5.50. The number of aromatic nitrogens is 2. The lowest BCUT2D eigenvalue weighted by Crippen LogP contribution is -2.29. The Morgan fingerprint density at radius 2 is 2.11 bits per heavy atom. The number of nitrogens with zero attached hydrogens (tertiary/aromatic N) is 3. The Balaban J connectivity index is 2.14. The first-order chi connectivity index (χ1) is 9.26. The van der Waals surface area contributed by atoms with E-state index in [2.05, 4.69) is 36.0 Å². The van der Waals surface area contributed by atoms with Crippen molar-refractivity contribution in [3.8, 4) is 0 Å². The SMILES string of the molecule is CCCCN(c1nc(NCCC)ncc1C)C1CC1. The maximum absolute atomic E-state index is 4.73. The van der Waals surface area contributed by atoms with Crippen molar-refractivity contribution in [1.82, 2.24) is 9.97 Å². The van der Waals surface area contributed by atoms with Gasteiger partial charge in [0.05, 0.1) is 0 Å². The first-order valence-corrected chi connectivity index (χ1v) is 7.60. The first-order valence-electron chi connectivity index (χ1n) is 7.60. The predicted molar refractivity (Wildman–Crippen MR) is 80.8 cm³/mol. The molecule has 1 aromatic rings. The van der Waals surface area contributed by atoms with Crippen molar-refractivity contribution in [3.63, 3.8) is 0 Å². The van der Waals surface area contributed by atoms with Crippen LogP contribution in [-0.2, 0) is 0 Å². The molecule has 0 bridgehead atoms. The van der Waals surface area contributed by atoms with E-state index in [4.69, 9.17) is 4.98 Å². The number of hydrogen-bond acceptors (Lipinski definition) is 4. The molecule has 0 radical (unpaired) electrons. The molecule has 106 valence electrons. The minimum absolute atomic E-state index is 0.708. The van der Waals surface area contributed by atoms with E-state index in [1.54, 1.807) is 0 Å². The van der Waals surface area contributed by atoms with Crippen LogP contribution in [0, 0.1) is 6.92 Å². The average molecular weight is 262 g/mol. The maximum atomic E-state index is 4.73. The fraction of sp³-hybridized carbons (Fsp3) is 0.733. The number of hydrogen-bond donors (Lipinski definition) is 1. The summed E-state index contributed by atoms with van der Waals surface area (Å²) in [6.07, 6.45) is 8.12. The van der Waals surface area contributed by atoms with Crippen LogP contribution in [0.15, 0.2) is 6.20 Å². The fourth-order valence-corrected chi connectivity index (χ4v) is 2.22. The molecule has 0 amide bonds. The summed E-state index contributed by atoms with van der Waals surface area (Å²) < 4.78 is 0. The van der Waals surface area contributed by atoms with Crippen LogP contribution in [0.2, 0.25) is 0 Å². The summed E-state index contributed by atoms with van der Waals surface area (Å²) in [5.41, 5.74) is 1.19. The van der Waals surface area contributed by atoms with E-state index in [1.807, 2.05) is 6.20 Å². The normalized spacial score (nSPS) is 14.5. The van der Waals surface area contributed by atoms with Crippen molar-refractivity contribution >= 4 is 11.8 Å². The summed E-state index contributed by atoms with van der Waals surface area (Å²) in [5, 5.41) is 3.28. The Kier molecular flexibility index (Phi) is 5.00. The van der Waals surface area contributed by atoms with Gasteiger partial charge in [-0.25, -0.2) is 4.98 Å². The summed E-state index contributed by atoms with van der Waals surface area (Å²) >= 11 is 0. The number of rotatable bonds is 8. The van der Waals surface area contributed by atoms with Crippen LogP contribution in [0.25, 0.3) is 0 Å². The molecule has 1 saturated carbocycles. The van der Waals surface area contributed by atoms with Crippen LogP contribution in [0.3, 0.4) is 0 Å². The van der Waals surface area contributed by atoms with E-state index >= 15 is 0 Å². The third-order valence-corrected chi connectivity index (χ3v) is 3.49. The van der Waals surface area contributed by atoms with E-state index in [9.17, 15) is 0 Å². The van der Waals surface area contributed by atoms with Crippen molar-refractivity contribution < 1.29 is 0 Å². The van der Waals surface area contributed by atoms with Crippen molar-refractivity contribution in [2.24, 2.45) is 0 Å². The average Bonchev–Trinajstić information content (AvgIpc) is 3.24. The molecule has 1 heterocycles. The topological polar surface area (TPSA) is 41.1 Å². The molecular formula is C15H26N4. The largest absolute Gasteiger partial charge is 0.354 e. The van der Waals surface area contributed by atoms with Gasteiger partial charge >= 0.3 is 0 Å². The molecule has 1 N–H and O–H groups in total. The highest BCUT2D eigenvalue weighted by Crippen LogP contribution is 2.32.